The maximum absolute atomic E-state index is 13.4. The van der Waals surface area contributed by atoms with Crippen LogP contribution in [0.5, 0.6) is 46.0 Å². The fraction of sp³-hybridized carbons (Fsp3) is 0.152. The average molecular weight is 613 g/mol. The summed E-state index contributed by atoms with van der Waals surface area (Å²) in [6.45, 7) is 1.56. The summed E-state index contributed by atoms with van der Waals surface area (Å²) in [6.07, 6.45) is 2.92. The lowest BCUT2D eigenvalue weighted by Gasteiger charge is -2.34. The summed E-state index contributed by atoms with van der Waals surface area (Å²) in [6, 6.07) is 9.66. The van der Waals surface area contributed by atoms with Gasteiger partial charge in [0, 0.05) is 18.2 Å². The highest BCUT2D eigenvalue weighted by Crippen LogP contribution is 2.49. The third-order valence-electron chi connectivity index (χ3n) is 7.73. The first-order chi connectivity index (χ1) is 21.5. The molecule has 12 nitrogen and oxygen atoms in total. The van der Waals surface area contributed by atoms with Crippen molar-refractivity contribution >= 4 is 50.0 Å². The molecule has 1 aliphatic heterocycles. The van der Waals surface area contributed by atoms with Crippen molar-refractivity contribution in [3.63, 3.8) is 0 Å². The van der Waals surface area contributed by atoms with Crippen LogP contribution in [0.15, 0.2) is 67.0 Å². The molecule has 3 heterocycles. The maximum Gasteiger partial charge on any atom is 0.209 e. The van der Waals surface area contributed by atoms with Crippen molar-refractivity contribution in [3.05, 3.63) is 74.6 Å². The van der Waals surface area contributed by atoms with Crippen molar-refractivity contribution in [3.8, 4) is 46.0 Å². The molecule has 0 saturated carbocycles. The number of phenols is 4. The number of ether oxygens (including phenoxy) is 4. The second-order valence-electron chi connectivity index (χ2n) is 10.7. The molecule has 228 valence electrons. The van der Waals surface area contributed by atoms with Crippen molar-refractivity contribution in [1.82, 2.24) is 0 Å². The van der Waals surface area contributed by atoms with Gasteiger partial charge in [-0.05, 0) is 37.3 Å². The van der Waals surface area contributed by atoms with Crippen molar-refractivity contribution in [2.45, 2.75) is 12.5 Å². The van der Waals surface area contributed by atoms with Crippen molar-refractivity contribution in [1.29, 1.82) is 0 Å². The second-order valence-corrected chi connectivity index (χ2v) is 10.7. The van der Waals surface area contributed by atoms with E-state index in [-0.39, 0.29) is 84.8 Å². The Morgan fingerprint density at radius 3 is 2.27 bits per heavy atom. The third-order valence-corrected chi connectivity index (χ3v) is 7.73. The van der Waals surface area contributed by atoms with Crippen LogP contribution in [0.3, 0.4) is 0 Å². The van der Waals surface area contributed by atoms with E-state index in [2.05, 4.69) is 0 Å². The largest absolute Gasteiger partial charge is 0.508 e. The van der Waals surface area contributed by atoms with Gasteiger partial charge < -0.3 is 48.2 Å². The zero-order chi connectivity index (χ0) is 31.8. The fourth-order valence-electron chi connectivity index (χ4n) is 5.52. The summed E-state index contributed by atoms with van der Waals surface area (Å²) < 4.78 is 34.9. The lowest BCUT2D eigenvalue weighted by Crippen LogP contribution is -2.40. The quantitative estimate of drug-likeness (QED) is 0.189. The standard InChI is InChI=1S/C33H24O12/c1-33(8-7-15-18(35)12-22-25(26(15)37)27(38)16-5-4-6-20(40-2)29(16)43-22)13-42-32-30-17(11-23(41-3)31(32)45-33)28(39)24-19(36)9-14(34)10-21(24)44-30/h4-12,34-37H,13H2,1-3H3/b8-7+/t33-/m0/s1. The molecule has 0 radical (unpaired) electrons. The first-order valence-electron chi connectivity index (χ1n) is 13.6. The molecular weight excluding hydrogens is 588 g/mol. The summed E-state index contributed by atoms with van der Waals surface area (Å²) in [4.78, 5) is 26.7. The van der Waals surface area contributed by atoms with Crippen molar-refractivity contribution < 1.29 is 48.2 Å². The number of aromatic hydroxyl groups is 4. The van der Waals surface area contributed by atoms with E-state index in [1.807, 2.05) is 0 Å². The maximum atomic E-state index is 13.4. The van der Waals surface area contributed by atoms with Crippen molar-refractivity contribution in [2.75, 3.05) is 20.8 Å². The minimum absolute atomic E-state index is 0.0136. The van der Waals surface area contributed by atoms with E-state index in [4.69, 9.17) is 27.8 Å². The van der Waals surface area contributed by atoms with E-state index in [9.17, 15) is 30.0 Å². The Morgan fingerprint density at radius 1 is 0.800 bits per heavy atom. The van der Waals surface area contributed by atoms with Crippen LogP contribution in [0.2, 0.25) is 0 Å². The SMILES string of the molecule is COc1cc2c(=O)c3c(O)cc(O)cc3oc2c2c1O[C@@](C)(/C=C/c1c(O)cc3oc4c(OC)cccc4c(=O)c3c1O)CO2. The Morgan fingerprint density at radius 2 is 1.51 bits per heavy atom. The molecule has 0 aliphatic carbocycles. The van der Waals surface area contributed by atoms with E-state index in [0.717, 1.165) is 6.07 Å². The van der Waals surface area contributed by atoms with E-state index in [1.165, 1.54) is 44.6 Å². The molecule has 12 heteroatoms. The van der Waals surface area contributed by atoms with Gasteiger partial charge in [0.05, 0.1) is 30.6 Å². The highest BCUT2D eigenvalue weighted by Gasteiger charge is 2.36. The van der Waals surface area contributed by atoms with Gasteiger partial charge in [-0.1, -0.05) is 6.07 Å². The summed E-state index contributed by atoms with van der Waals surface area (Å²) in [5.74, 6) is -0.982. The number of para-hydroxylation sites is 1. The second kappa shape index (κ2) is 9.74. The van der Waals surface area contributed by atoms with Gasteiger partial charge in [-0.25, -0.2) is 0 Å². The number of hydrogen-bond donors (Lipinski definition) is 4. The van der Waals surface area contributed by atoms with Gasteiger partial charge in [-0.15, -0.1) is 0 Å². The van der Waals surface area contributed by atoms with Crippen LogP contribution in [0, 0.1) is 0 Å². The monoisotopic (exact) mass is 612 g/mol. The minimum Gasteiger partial charge on any atom is -0.508 e. The minimum atomic E-state index is -1.21. The van der Waals surface area contributed by atoms with E-state index in [0.29, 0.717) is 5.75 Å². The predicted molar refractivity (Wildman–Crippen MR) is 163 cm³/mol. The Bertz CT molecular complexity index is 2380. The number of hydrogen-bond acceptors (Lipinski definition) is 12. The van der Waals surface area contributed by atoms with Gasteiger partial charge in [0.15, 0.2) is 28.3 Å². The zero-order valence-corrected chi connectivity index (χ0v) is 24.0. The van der Waals surface area contributed by atoms with Crippen molar-refractivity contribution in [2.24, 2.45) is 0 Å². The molecule has 45 heavy (non-hydrogen) atoms. The van der Waals surface area contributed by atoms with Gasteiger partial charge >= 0.3 is 0 Å². The summed E-state index contributed by atoms with van der Waals surface area (Å²) in [5.41, 5.74) is -2.26. The van der Waals surface area contributed by atoms with Gasteiger partial charge in [-0.3, -0.25) is 9.59 Å². The van der Waals surface area contributed by atoms with Crippen LogP contribution < -0.4 is 29.8 Å². The summed E-state index contributed by atoms with van der Waals surface area (Å²) in [7, 11) is 2.81. The molecule has 0 amide bonds. The van der Waals surface area contributed by atoms with Crippen LogP contribution in [0.1, 0.15) is 12.5 Å². The molecule has 1 atom stereocenters. The molecular formula is C33H24O12. The summed E-state index contributed by atoms with van der Waals surface area (Å²) in [5, 5.41) is 42.2. The Hall–Kier alpha value is -6.04. The Kier molecular flexibility index (Phi) is 6.01. The highest BCUT2D eigenvalue weighted by atomic mass is 16.6. The number of fused-ring (bicyclic) bond motifs is 6. The first-order valence-corrected chi connectivity index (χ1v) is 13.6. The number of benzene rings is 4. The van der Waals surface area contributed by atoms with E-state index < -0.39 is 28.0 Å². The zero-order valence-electron chi connectivity index (χ0n) is 24.0. The van der Waals surface area contributed by atoms with Gasteiger partial charge in [0.25, 0.3) is 0 Å². The first kappa shape index (κ1) is 27.8. The lowest BCUT2D eigenvalue weighted by molar-refractivity contribution is 0.0424. The van der Waals surface area contributed by atoms with Crippen LogP contribution in [-0.4, -0.2) is 46.9 Å². The van der Waals surface area contributed by atoms with Gasteiger partial charge in [0.2, 0.25) is 22.4 Å². The number of phenolic OH excluding ortho intramolecular Hbond substituents is 4. The van der Waals surface area contributed by atoms with Crippen LogP contribution in [-0.2, 0) is 0 Å². The van der Waals surface area contributed by atoms with Crippen LogP contribution >= 0.6 is 0 Å². The van der Waals surface area contributed by atoms with E-state index >= 15 is 0 Å². The van der Waals surface area contributed by atoms with E-state index in [1.54, 1.807) is 25.1 Å². The summed E-state index contributed by atoms with van der Waals surface area (Å²) >= 11 is 0. The van der Waals surface area contributed by atoms with Gasteiger partial charge in [0.1, 0.15) is 51.5 Å². The molecule has 7 rings (SSSR count). The molecule has 0 saturated heterocycles. The topological polar surface area (TPSA) is 178 Å². The Labute approximate surface area is 252 Å². The highest BCUT2D eigenvalue weighted by molar-refractivity contribution is 5.99. The molecule has 4 N–H and O–H groups in total. The number of rotatable bonds is 4. The molecule has 0 unspecified atom stereocenters. The van der Waals surface area contributed by atoms with Crippen LogP contribution in [0.4, 0.5) is 0 Å². The fourth-order valence-corrected chi connectivity index (χ4v) is 5.52. The Balaban J connectivity index is 1.33. The smallest absolute Gasteiger partial charge is 0.209 e. The van der Waals surface area contributed by atoms with Gasteiger partial charge in [-0.2, -0.15) is 0 Å². The normalized spacial score (nSPS) is 16.2. The molecule has 0 fully saturated rings. The van der Waals surface area contributed by atoms with Crippen LogP contribution in [0.25, 0.3) is 50.0 Å². The molecule has 2 aromatic heterocycles. The molecule has 1 aliphatic rings. The average Bonchev–Trinajstić information content (AvgIpc) is 3.00. The molecule has 4 aromatic carbocycles. The molecule has 6 aromatic rings. The number of methoxy groups -OCH3 is 2. The lowest BCUT2D eigenvalue weighted by atomic mass is 10.0. The molecule has 0 spiro atoms. The third kappa shape index (κ3) is 4.13. The predicted octanol–water partition coefficient (Wildman–Crippen LogP) is 5.29. The molecule has 0 bridgehead atoms.